The smallest absolute Gasteiger partial charge is 0.270 e. The van der Waals surface area contributed by atoms with Crippen molar-refractivity contribution in [3.8, 4) is 11.3 Å². The molecule has 0 saturated carbocycles. The number of halogens is 1. The van der Waals surface area contributed by atoms with Crippen LogP contribution in [0.2, 0.25) is 0 Å². The first kappa shape index (κ1) is 15.9. The van der Waals surface area contributed by atoms with E-state index < -0.39 is 0 Å². The van der Waals surface area contributed by atoms with Crippen LogP contribution < -0.4 is 5.32 Å². The van der Waals surface area contributed by atoms with Crippen LogP contribution in [-0.2, 0) is 7.05 Å². The molecule has 2 aromatic carbocycles. The minimum absolute atomic E-state index is 0.108. The molecular weight excluding hydrogens is 305 g/mol. The van der Waals surface area contributed by atoms with Crippen LogP contribution in [0.1, 0.15) is 29.0 Å². The zero-order chi connectivity index (χ0) is 17.1. The van der Waals surface area contributed by atoms with Crippen molar-refractivity contribution in [3.63, 3.8) is 0 Å². The summed E-state index contributed by atoms with van der Waals surface area (Å²) in [5, 5.41) is 7.31. The first-order valence-electron chi connectivity index (χ1n) is 7.70. The molecule has 0 saturated heterocycles. The van der Waals surface area contributed by atoms with Crippen molar-refractivity contribution >= 4 is 5.91 Å². The summed E-state index contributed by atoms with van der Waals surface area (Å²) in [6.07, 6.45) is 0. The van der Waals surface area contributed by atoms with Crippen molar-refractivity contribution in [2.24, 2.45) is 7.05 Å². The molecule has 1 aromatic heterocycles. The van der Waals surface area contributed by atoms with Gasteiger partial charge in [-0.2, -0.15) is 5.10 Å². The highest BCUT2D eigenvalue weighted by molar-refractivity contribution is 5.94. The second kappa shape index (κ2) is 6.66. The Kier molecular flexibility index (Phi) is 4.42. The highest BCUT2D eigenvalue weighted by Gasteiger charge is 2.17. The van der Waals surface area contributed by atoms with Gasteiger partial charge in [0.25, 0.3) is 5.91 Å². The number of hydrogen-bond acceptors (Lipinski definition) is 2. The molecule has 122 valence electrons. The third kappa shape index (κ3) is 3.35. The Morgan fingerprint density at radius 2 is 1.79 bits per heavy atom. The number of aromatic nitrogens is 2. The van der Waals surface area contributed by atoms with Crippen LogP contribution in [0.3, 0.4) is 0 Å². The molecule has 5 heteroatoms. The van der Waals surface area contributed by atoms with E-state index in [2.05, 4.69) is 10.4 Å². The lowest BCUT2D eigenvalue weighted by Gasteiger charge is -2.14. The van der Waals surface area contributed by atoms with Gasteiger partial charge in [-0.15, -0.1) is 0 Å². The summed E-state index contributed by atoms with van der Waals surface area (Å²) in [6.45, 7) is 1.94. The lowest BCUT2D eigenvalue weighted by molar-refractivity contribution is 0.0930. The SMILES string of the molecule is CC(NC(=O)c1cc(-c2ccc(F)cc2)nn1C)c1ccccc1. The molecule has 0 bridgehead atoms. The van der Waals surface area contributed by atoms with Crippen molar-refractivity contribution in [2.45, 2.75) is 13.0 Å². The van der Waals surface area contributed by atoms with Crippen molar-refractivity contribution in [3.05, 3.63) is 77.7 Å². The van der Waals surface area contributed by atoms with Crippen molar-refractivity contribution in [1.82, 2.24) is 15.1 Å². The van der Waals surface area contributed by atoms with Crippen LogP contribution in [0.25, 0.3) is 11.3 Å². The van der Waals surface area contributed by atoms with E-state index in [4.69, 9.17) is 0 Å². The Labute approximate surface area is 139 Å². The molecule has 0 aliphatic heterocycles. The van der Waals surface area contributed by atoms with Gasteiger partial charge >= 0.3 is 0 Å². The van der Waals surface area contributed by atoms with E-state index in [1.807, 2.05) is 37.3 Å². The Bertz CT molecular complexity index is 841. The summed E-state index contributed by atoms with van der Waals surface area (Å²) >= 11 is 0. The average molecular weight is 323 g/mol. The van der Waals surface area contributed by atoms with E-state index in [1.54, 1.807) is 25.2 Å². The predicted octanol–water partition coefficient (Wildman–Crippen LogP) is 3.72. The molecule has 0 spiro atoms. The maximum absolute atomic E-state index is 13.0. The van der Waals surface area contributed by atoms with Crippen LogP contribution in [0, 0.1) is 5.82 Å². The molecule has 3 aromatic rings. The number of hydrogen-bond donors (Lipinski definition) is 1. The number of amides is 1. The van der Waals surface area contributed by atoms with Gasteiger partial charge in [0.15, 0.2) is 0 Å². The lowest BCUT2D eigenvalue weighted by Crippen LogP contribution is -2.28. The maximum atomic E-state index is 13.0. The molecule has 0 aliphatic rings. The van der Waals surface area contributed by atoms with Gasteiger partial charge in [-0.05, 0) is 42.8 Å². The molecule has 0 aliphatic carbocycles. The third-order valence-electron chi connectivity index (χ3n) is 3.90. The fraction of sp³-hybridized carbons (Fsp3) is 0.158. The molecule has 4 nitrogen and oxygen atoms in total. The van der Waals surface area contributed by atoms with E-state index in [0.29, 0.717) is 11.4 Å². The van der Waals surface area contributed by atoms with Gasteiger partial charge in [-0.25, -0.2) is 4.39 Å². The number of aryl methyl sites for hydroxylation is 1. The van der Waals surface area contributed by atoms with Crippen LogP contribution in [0.4, 0.5) is 4.39 Å². The molecule has 1 N–H and O–H groups in total. The second-order valence-corrected chi connectivity index (χ2v) is 5.65. The zero-order valence-corrected chi connectivity index (χ0v) is 13.5. The predicted molar refractivity (Wildman–Crippen MR) is 90.9 cm³/mol. The van der Waals surface area contributed by atoms with Gasteiger partial charge in [0.2, 0.25) is 0 Å². The fourth-order valence-electron chi connectivity index (χ4n) is 2.54. The first-order chi connectivity index (χ1) is 11.5. The quantitative estimate of drug-likeness (QED) is 0.795. The van der Waals surface area contributed by atoms with Gasteiger partial charge in [0.1, 0.15) is 11.5 Å². The molecule has 0 fully saturated rings. The van der Waals surface area contributed by atoms with Crippen molar-refractivity contribution in [2.75, 3.05) is 0 Å². The van der Waals surface area contributed by atoms with Gasteiger partial charge < -0.3 is 5.32 Å². The summed E-state index contributed by atoms with van der Waals surface area (Å²) in [5.41, 5.74) is 2.89. The van der Waals surface area contributed by atoms with Gasteiger partial charge in [-0.1, -0.05) is 30.3 Å². The monoisotopic (exact) mass is 323 g/mol. The molecule has 0 radical (unpaired) electrons. The second-order valence-electron chi connectivity index (χ2n) is 5.65. The Morgan fingerprint density at radius 3 is 2.46 bits per heavy atom. The van der Waals surface area contributed by atoms with Gasteiger partial charge in [-0.3, -0.25) is 9.48 Å². The summed E-state index contributed by atoms with van der Waals surface area (Å²) in [4.78, 5) is 12.5. The Balaban J connectivity index is 1.79. The number of nitrogens with one attached hydrogen (secondary N) is 1. The van der Waals surface area contributed by atoms with E-state index in [-0.39, 0.29) is 17.8 Å². The molecule has 24 heavy (non-hydrogen) atoms. The zero-order valence-electron chi connectivity index (χ0n) is 13.5. The first-order valence-corrected chi connectivity index (χ1v) is 7.70. The third-order valence-corrected chi connectivity index (χ3v) is 3.90. The molecule has 3 rings (SSSR count). The highest BCUT2D eigenvalue weighted by atomic mass is 19.1. The molecular formula is C19H18FN3O. The maximum Gasteiger partial charge on any atom is 0.270 e. The molecule has 1 amide bonds. The van der Waals surface area contributed by atoms with Crippen LogP contribution in [-0.4, -0.2) is 15.7 Å². The van der Waals surface area contributed by atoms with Crippen LogP contribution in [0.15, 0.2) is 60.7 Å². The molecule has 1 atom stereocenters. The van der Waals surface area contributed by atoms with E-state index in [9.17, 15) is 9.18 Å². The topological polar surface area (TPSA) is 46.9 Å². The van der Waals surface area contributed by atoms with Gasteiger partial charge in [0.05, 0.1) is 11.7 Å². The van der Waals surface area contributed by atoms with Crippen LogP contribution in [0.5, 0.6) is 0 Å². The summed E-state index contributed by atoms with van der Waals surface area (Å²) in [6, 6.07) is 17.4. The van der Waals surface area contributed by atoms with Gasteiger partial charge in [0, 0.05) is 12.6 Å². The number of carbonyl (C=O) groups excluding carboxylic acids is 1. The largest absolute Gasteiger partial charge is 0.344 e. The van der Waals surface area contributed by atoms with Crippen molar-refractivity contribution < 1.29 is 9.18 Å². The minimum Gasteiger partial charge on any atom is -0.344 e. The minimum atomic E-state index is -0.302. The number of benzene rings is 2. The number of nitrogens with zero attached hydrogens (tertiary/aromatic N) is 2. The van der Waals surface area contributed by atoms with Crippen LogP contribution >= 0.6 is 0 Å². The number of carbonyl (C=O) groups is 1. The standard InChI is InChI=1S/C19H18FN3O/c1-13(14-6-4-3-5-7-14)21-19(24)18-12-17(22-23(18)2)15-8-10-16(20)11-9-15/h3-13H,1-2H3,(H,21,24). The molecule has 1 unspecified atom stereocenters. The summed E-state index contributed by atoms with van der Waals surface area (Å²) in [7, 11) is 1.72. The summed E-state index contributed by atoms with van der Waals surface area (Å²) in [5.74, 6) is -0.501. The lowest BCUT2D eigenvalue weighted by atomic mass is 10.1. The highest BCUT2D eigenvalue weighted by Crippen LogP contribution is 2.20. The Morgan fingerprint density at radius 1 is 1.12 bits per heavy atom. The normalized spacial score (nSPS) is 12.0. The van der Waals surface area contributed by atoms with E-state index in [1.165, 1.54) is 16.8 Å². The van der Waals surface area contributed by atoms with E-state index >= 15 is 0 Å². The van der Waals surface area contributed by atoms with E-state index in [0.717, 1.165) is 11.1 Å². The average Bonchev–Trinajstić information content (AvgIpc) is 2.98. The fourth-order valence-corrected chi connectivity index (χ4v) is 2.54. The van der Waals surface area contributed by atoms with Crippen molar-refractivity contribution in [1.29, 1.82) is 0 Å². The Hall–Kier alpha value is -2.95. The number of rotatable bonds is 4. The molecule has 1 heterocycles. The summed E-state index contributed by atoms with van der Waals surface area (Å²) < 4.78 is 14.6.